The molecule has 1 atom stereocenters. The smallest absolute Gasteiger partial charge is 0.378 e. The number of aromatic nitrogens is 3. The number of carbonyl (C=O) groups is 1. The first-order valence-electron chi connectivity index (χ1n) is 4.78. The lowest BCUT2D eigenvalue weighted by atomic mass is 10.1. The van der Waals surface area contributed by atoms with Gasteiger partial charge in [0, 0.05) is 5.92 Å². The molecule has 1 aromatic rings. The maximum absolute atomic E-state index is 11.2. The first kappa shape index (κ1) is 10.7. The topological polar surface area (TPSA) is 67.9 Å². The summed E-state index contributed by atoms with van der Waals surface area (Å²) in [6.07, 6.45) is 0.956. The highest BCUT2D eigenvalue weighted by Gasteiger charge is 2.15. The predicted octanol–water partition coefficient (Wildman–Crippen LogP) is 1.49. The number of nitrogens with zero attached hydrogens (tertiary/aromatic N) is 2. The number of hydrogen-bond acceptors (Lipinski definition) is 4. The Hall–Kier alpha value is -1.39. The lowest BCUT2D eigenvalue weighted by molar-refractivity contribution is 0.0512. The average Bonchev–Trinajstić information content (AvgIpc) is 2.66. The number of esters is 1. The van der Waals surface area contributed by atoms with Gasteiger partial charge in [0.1, 0.15) is 5.82 Å². The molecule has 1 heterocycles. The number of aromatic amines is 1. The molecule has 5 heteroatoms. The molecule has 1 rings (SSSR count). The van der Waals surface area contributed by atoms with Crippen LogP contribution in [0.2, 0.25) is 0 Å². The van der Waals surface area contributed by atoms with Gasteiger partial charge in [0.05, 0.1) is 6.61 Å². The monoisotopic (exact) mass is 197 g/mol. The lowest BCUT2D eigenvalue weighted by Crippen LogP contribution is -2.06. The summed E-state index contributed by atoms with van der Waals surface area (Å²) in [6, 6.07) is 0. The van der Waals surface area contributed by atoms with E-state index in [2.05, 4.69) is 22.1 Å². The Morgan fingerprint density at radius 2 is 2.29 bits per heavy atom. The molecule has 0 aliphatic heterocycles. The third kappa shape index (κ3) is 2.31. The molecule has 1 N–H and O–H groups in total. The molecule has 1 unspecified atom stereocenters. The minimum Gasteiger partial charge on any atom is -0.460 e. The molecule has 0 fully saturated rings. The van der Waals surface area contributed by atoms with Gasteiger partial charge in [0.2, 0.25) is 0 Å². The Morgan fingerprint density at radius 1 is 1.57 bits per heavy atom. The molecule has 0 saturated heterocycles. The van der Waals surface area contributed by atoms with Crippen molar-refractivity contribution >= 4 is 5.97 Å². The zero-order valence-corrected chi connectivity index (χ0v) is 8.70. The number of carbonyl (C=O) groups excluding carboxylic acids is 1. The van der Waals surface area contributed by atoms with Crippen molar-refractivity contribution in [3.63, 3.8) is 0 Å². The van der Waals surface area contributed by atoms with Gasteiger partial charge in [0.15, 0.2) is 0 Å². The summed E-state index contributed by atoms with van der Waals surface area (Å²) in [5, 5.41) is 6.53. The van der Waals surface area contributed by atoms with Crippen molar-refractivity contribution in [2.75, 3.05) is 6.61 Å². The van der Waals surface area contributed by atoms with Crippen LogP contribution in [0.1, 0.15) is 49.6 Å². The molecule has 1 aromatic heterocycles. The molecule has 0 spiro atoms. The zero-order valence-electron chi connectivity index (χ0n) is 8.70. The Kier molecular flexibility index (Phi) is 3.62. The molecule has 0 radical (unpaired) electrons. The molecule has 0 aliphatic carbocycles. The molecule has 0 aromatic carbocycles. The van der Waals surface area contributed by atoms with E-state index in [9.17, 15) is 4.79 Å². The van der Waals surface area contributed by atoms with E-state index in [4.69, 9.17) is 4.74 Å². The zero-order chi connectivity index (χ0) is 10.6. The quantitative estimate of drug-likeness (QED) is 0.742. The first-order valence-corrected chi connectivity index (χ1v) is 4.78. The Morgan fingerprint density at radius 3 is 2.86 bits per heavy atom. The minimum absolute atomic E-state index is 0.113. The van der Waals surface area contributed by atoms with Gasteiger partial charge in [-0.3, -0.25) is 5.10 Å². The summed E-state index contributed by atoms with van der Waals surface area (Å²) in [6.45, 7) is 6.17. The second-order valence-corrected chi connectivity index (χ2v) is 3.07. The minimum atomic E-state index is -0.474. The highest BCUT2D eigenvalue weighted by molar-refractivity contribution is 5.84. The Balaban J connectivity index is 2.72. The number of ether oxygens (including phenoxy) is 1. The average molecular weight is 197 g/mol. The van der Waals surface area contributed by atoms with Gasteiger partial charge >= 0.3 is 5.97 Å². The van der Waals surface area contributed by atoms with E-state index in [1.165, 1.54) is 0 Å². The molecular formula is C9H15N3O2. The van der Waals surface area contributed by atoms with E-state index in [1.54, 1.807) is 6.92 Å². The van der Waals surface area contributed by atoms with Crippen molar-refractivity contribution < 1.29 is 9.53 Å². The van der Waals surface area contributed by atoms with E-state index in [0.717, 1.165) is 12.2 Å². The molecule has 0 bridgehead atoms. The van der Waals surface area contributed by atoms with Crippen molar-refractivity contribution in [3.05, 3.63) is 11.6 Å². The first-order chi connectivity index (χ1) is 6.69. The molecule has 0 saturated carbocycles. The normalized spacial score (nSPS) is 12.5. The van der Waals surface area contributed by atoms with E-state index in [-0.39, 0.29) is 11.7 Å². The van der Waals surface area contributed by atoms with Crippen molar-refractivity contribution in [1.82, 2.24) is 15.2 Å². The Labute approximate surface area is 82.9 Å². The Bertz CT molecular complexity index is 309. The molecule has 0 aliphatic rings. The molecule has 14 heavy (non-hydrogen) atoms. The third-order valence-electron chi connectivity index (χ3n) is 2.04. The standard InChI is InChI=1S/C9H15N3O2/c1-4-6(3)7-10-8(12-11-7)9(13)14-5-2/h6H,4-5H2,1-3H3,(H,10,11,12). The summed E-state index contributed by atoms with van der Waals surface area (Å²) in [7, 11) is 0. The molecule has 78 valence electrons. The van der Waals surface area contributed by atoms with Gasteiger partial charge in [0.25, 0.3) is 5.82 Å². The van der Waals surface area contributed by atoms with Crippen LogP contribution in [0.15, 0.2) is 0 Å². The molecule has 0 amide bonds. The fraction of sp³-hybridized carbons (Fsp3) is 0.667. The van der Waals surface area contributed by atoms with Crippen molar-refractivity contribution in [2.45, 2.75) is 33.1 Å². The highest BCUT2D eigenvalue weighted by atomic mass is 16.5. The summed E-state index contributed by atoms with van der Waals surface area (Å²) in [5.74, 6) is 0.654. The van der Waals surface area contributed by atoms with Crippen LogP contribution < -0.4 is 0 Å². The van der Waals surface area contributed by atoms with Crippen LogP contribution in [0, 0.1) is 0 Å². The van der Waals surface area contributed by atoms with Crippen molar-refractivity contribution in [2.24, 2.45) is 0 Å². The largest absolute Gasteiger partial charge is 0.460 e. The second-order valence-electron chi connectivity index (χ2n) is 3.07. The lowest BCUT2D eigenvalue weighted by Gasteiger charge is -2.00. The van der Waals surface area contributed by atoms with Crippen LogP contribution in [-0.2, 0) is 4.74 Å². The van der Waals surface area contributed by atoms with Crippen molar-refractivity contribution in [3.8, 4) is 0 Å². The summed E-state index contributed by atoms with van der Waals surface area (Å²) in [4.78, 5) is 15.3. The van der Waals surface area contributed by atoms with Gasteiger partial charge in [-0.1, -0.05) is 13.8 Å². The molecular weight excluding hydrogens is 182 g/mol. The predicted molar refractivity (Wildman–Crippen MR) is 51.0 cm³/mol. The second kappa shape index (κ2) is 4.74. The van der Waals surface area contributed by atoms with E-state index >= 15 is 0 Å². The van der Waals surface area contributed by atoms with E-state index < -0.39 is 5.97 Å². The van der Waals surface area contributed by atoms with Crippen molar-refractivity contribution in [1.29, 1.82) is 0 Å². The van der Waals surface area contributed by atoms with Crippen LogP contribution >= 0.6 is 0 Å². The van der Waals surface area contributed by atoms with Gasteiger partial charge in [-0.15, -0.1) is 5.10 Å². The van der Waals surface area contributed by atoms with Gasteiger partial charge in [-0.05, 0) is 13.3 Å². The number of hydrogen-bond donors (Lipinski definition) is 1. The SMILES string of the molecule is CCOC(=O)c1n[nH]c(C(C)CC)n1. The fourth-order valence-corrected chi connectivity index (χ4v) is 0.975. The van der Waals surface area contributed by atoms with Gasteiger partial charge in [-0.2, -0.15) is 0 Å². The van der Waals surface area contributed by atoms with E-state index in [1.807, 2.05) is 6.92 Å². The van der Waals surface area contributed by atoms with Crippen LogP contribution in [0.3, 0.4) is 0 Å². The number of H-pyrrole nitrogens is 1. The fourth-order valence-electron chi connectivity index (χ4n) is 0.975. The summed E-state index contributed by atoms with van der Waals surface area (Å²) >= 11 is 0. The molecule has 5 nitrogen and oxygen atoms in total. The van der Waals surface area contributed by atoms with Crippen LogP contribution in [0.5, 0.6) is 0 Å². The summed E-state index contributed by atoms with van der Waals surface area (Å²) < 4.78 is 4.77. The van der Waals surface area contributed by atoms with Crippen LogP contribution in [0.25, 0.3) is 0 Å². The van der Waals surface area contributed by atoms with E-state index in [0.29, 0.717) is 6.61 Å². The number of nitrogens with one attached hydrogen (secondary N) is 1. The van der Waals surface area contributed by atoms with Crippen LogP contribution in [0.4, 0.5) is 0 Å². The van der Waals surface area contributed by atoms with Crippen LogP contribution in [-0.4, -0.2) is 27.8 Å². The maximum atomic E-state index is 11.2. The number of rotatable bonds is 4. The third-order valence-corrected chi connectivity index (χ3v) is 2.04. The maximum Gasteiger partial charge on any atom is 0.378 e. The van der Waals surface area contributed by atoms with Gasteiger partial charge < -0.3 is 4.74 Å². The summed E-state index contributed by atoms with van der Waals surface area (Å²) in [5.41, 5.74) is 0. The highest BCUT2D eigenvalue weighted by Crippen LogP contribution is 2.13. The van der Waals surface area contributed by atoms with Gasteiger partial charge in [-0.25, -0.2) is 9.78 Å².